The molecular formula is C6H6ClNOS. The smallest absolute Gasteiger partial charge is 0.264 e. The molecule has 0 bridgehead atoms. The van der Waals surface area contributed by atoms with Crippen molar-refractivity contribution in [3.8, 4) is 0 Å². The summed E-state index contributed by atoms with van der Waals surface area (Å²) in [4.78, 5) is 15.0. The second-order valence-corrected chi connectivity index (χ2v) is 3.20. The van der Waals surface area contributed by atoms with Crippen LogP contribution in [0.1, 0.15) is 21.6 Å². The number of hydrogen-bond donors (Lipinski definition) is 0. The fraction of sp³-hybridized carbons (Fsp3) is 0.333. The van der Waals surface area contributed by atoms with Crippen molar-refractivity contribution in [2.24, 2.45) is 0 Å². The fourth-order valence-corrected chi connectivity index (χ4v) is 1.42. The first kappa shape index (κ1) is 7.69. The van der Waals surface area contributed by atoms with Gasteiger partial charge in [-0.15, -0.1) is 11.3 Å². The fourth-order valence-electron chi connectivity index (χ4n) is 0.565. The van der Waals surface area contributed by atoms with E-state index in [9.17, 15) is 4.79 Å². The number of aryl methyl sites for hydroxylation is 1. The van der Waals surface area contributed by atoms with Crippen LogP contribution in [0, 0.1) is 0 Å². The molecule has 0 saturated heterocycles. The number of aromatic nitrogens is 1. The molecule has 0 aliphatic rings. The average Bonchev–Trinajstić information content (AvgIpc) is 2.34. The largest absolute Gasteiger partial charge is 0.275 e. The summed E-state index contributed by atoms with van der Waals surface area (Å²) in [5.41, 5.74) is 0. The summed E-state index contributed by atoms with van der Waals surface area (Å²) in [5.74, 6) is 0. The third-order valence-corrected chi connectivity index (χ3v) is 2.51. The molecule has 1 heterocycles. The molecule has 10 heavy (non-hydrogen) atoms. The van der Waals surface area contributed by atoms with Gasteiger partial charge in [0.15, 0.2) is 0 Å². The van der Waals surface area contributed by atoms with Gasteiger partial charge in [0.25, 0.3) is 5.24 Å². The molecule has 0 amide bonds. The van der Waals surface area contributed by atoms with E-state index in [1.807, 2.05) is 6.92 Å². The molecule has 0 radical (unpaired) electrons. The van der Waals surface area contributed by atoms with Crippen LogP contribution in [0.15, 0.2) is 6.20 Å². The van der Waals surface area contributed by atoms with Crippen LogP contribution in [-0.2, 0) is 6.42 Å². The molecule has 4 heteroatoms. The van der Waals surface area contributed by atoms with E-state index in [0.29, 0.717) is 4.88 Å². The predicted octanol–water partition coefficient (Wildman–Crippen LogP) is 2.08. The van der Waals surface area contributed by atoms with Crippen molar-refractivity contribution in [2.75, 3.05) is 0 Å². The van der Waals surface area contributed by atoms with E-state index in [-0.39, 0.29) is 0 Å². The minimum atomic E-state index is -0.419. The predicted molar refractivity (Wildman–Crippen MR) is 41.7 cm³/mol. The van der Waals surface area contributed by atoms with Gasteiger partial charge in [0, 0.05) is 0 Å². The van der Waals surface area contributed by atoms with Crippen LogP contribution in [0.25, 0.3) is 0 Å². The highest BCUT2D eigenvalue weighted by atomic mass is 35.5. The molecule has 2 nitrogen and oxygen atoms in total. The monoisotopic (exact) mass is 175 g/mol. The molecule has 0 unspecified atom stereocenters. The molecule has 0 atom stereocenters. The Labute approximate surface area is 67.9 Å². The van der Waals surface area contributed by atoms with Crippen molar-refractivity contribution < 1.29 is 4.79 Å². The molecule has 0 spiro atoms. The van der Waals surface area contributed by atoms with E-state index in [0.717, 1.165) is 11.4 Å². The molecule has 1 aromatic heterocycles. The van der Waals surface area contributed by atoms with Gasteiger partial charge in [0.2, 0.25) is 0 Å². The summed E-state index contributed by atoms with van der Waals surface area (Å²) in [6.07, 6.45) is 2.37. The minimum Gasteiger partial charge on any atom is -0.275 e. The van der Waals surface area contributed by atoms with E-state index >= 15 is 0 Å². The number of carbonyl (C=O) groups excluding carboxylic acids is 1. The first-order valence-corrected chi connectivity index (χ1v) is 4.08. The SMILES string of the molecule is CCc1ncc(C(=O)Cl)s1. The van der Waals surface area contributed by atoms with Crippen LogP contribution >= 0.6 is 22.9 Å². The number of rotatable bonds is 2. The highest BCUT2D eigenvalue weighted by Crippen LogP contribution is 2.14. The highest BCUT2D eigenvalue weighted by molar-refractivity contribution is 7.15. The molecule has 1 rings (SSSR count). The quantitative estimate of drug-likeness (QED) is 0.645. The van der Waals surface area contributed by atoms with Gasteiger partial charge in [-0.2, -0.15) is 0 Å². The van der Waals surface area contributed by atoms with E-state index < -0.39 is 5.24 Å². The van der Waals surface area contributed by atoms with Crippen molar-refractivity contribution >= 4 is 28.2 Å². The summed E-state index contributed by atoms with van der Waals surface area (Å²) in [6.45, 7) is 1.99. The lowest BCUT2D eigenvalue weighted by molar-refractivity contribution is 0.108. The Bertz CT molecular complexity index is 246. The van der Waals surface area contributed by atoms with E-state index in [1.54, 1.807) is 0 Å². The van der Waals surface area contributed by atoms with Crippen LogP contribution in [0.2, 0.25) is 0 Å². The first-order valence-electron chi connectivity index (χ1n) is 2.88. The minimum absolute atomic E-state index is 0.419. The summed E-state index contributed by atoms with van der Waals surface area (Å²) < 4.78 is 0. The van der Waals surface area contributed by atoms with Crippen LogP contribution in [-0.4, -0.2) is 10.2 Å². The normalized spacial score (nSPS) is 9.80. The summed E-state index contributed by atoms with van der Waals surface area (Å²) in [5, 5.41) is 0.529. The van der Waals surface area contributed by atoms with Crippen molar-refractivity contribution in [2.45, 2.75) is 13.3 Å². The molecule has 0 aliphatic heterocycles. The molecular weight excluding hydrogens is 170 g/mol. The van der Waals surface area contributed by atoms with Crippen molar-refractivity contribution in [3.05, 3.63) is 16.1 Å². The number of halogens is 1. The Morgan fingerprint density at radius 2 is 2.60 bits per heavy atom. The van der Waals surface area contributed by atoms with Gasteiger partial charge in [0.1, 0.15) is 4.88 Å². The zero-order chi connectivity index (χ0) is 7.56. The van der Waals surface area contributed by atoms with Crippen LogP contribution in [0.4, 0.5) is 0 Å². The lowest BCUT2D eigenvalue weighted by Crippen LogP contribution is -1.78. The number of carbonyl (C=O) groups is 1. The maximum Gasteiger partial charge on any atom is 0.264 e. The van der Waals surface area contributed by atoms with Crippen LogP contribution in [0.5, 0.6) is 0 Å². The summed E-state index contributed by atoms with van der Waals surface area (Å²) in [6, 6.07) is 0. The third-order valence-electron chi connectivity index (χ3n) is 1.05. The third kappa shape index (κ3) is 1.55. The van der Waals surface area contributed by atoms with Gasteiger partial charge in [-0.3, -0.25) is 4.79 Å². The molecule has 0 saturated carbocycles. The van der Waals surface area contributed by atoms with Crippen LogP contribution in [0.3, 0.4) is 0 Å². The highest BCUT2D eigenvalue weighted by Gasteiger charge is 2.05. The first-order chi connectivity index (χ1) is 4.74. The number of thiazole rings is 1. The Hall–Kier alpha value is -0.410. The van der Waals surface area contributed by atoms with E-state index in [2.05, 4.69) is 4.98 Å². The second-order valence-electron chi connectivity index (χ2n) is 1.75. The Morgan fingerprint density at radius 3 is 2.90 bits per heavy atom. The van der Waals surface area contributed by atoms with Crippen LogP contribution < -0.4 is 0 Å². The number of nitrogens with zero attached hydrogens (tertiary/aromatic N) is 1. The van der Waals surface area contributed by atoms with Gasteiger partial charge < -0.3 is 0 Å². The number of hydrogen-bond acceptors (Lipinski definition) is 3. The Balaban J connectivity index is 2.88. The lowest BCUT2D eigenvalue weighted by Gasteiger charge is -1.80. The van der Waals surface area contributed by atoms with Gasteiger partial charge in [0.05, 0.1) is 11.2 Å². The van der Waals surface area contributed by atoms with Crippen molar-refractivity contribution in [1.82, 2.24) is 4.98 Å². The molecule has 0 aliphatic carbocycles. The standard InChI is InChI=1S/C6H6ClNOS/c1-2-5-8-3-4(10-5)6(7)9/h3H,2H2,1H3. The molecule has 54 valence electrons. The molecule has 1 aromatic rings. The second kappa shape index (κ2) is 3.12. The van der Waals surface area contributed by atoms with E-state index in [1.165, 1.54) is 17.5 Å². The Kier molecular flexibility index (Phi) is 2.40. The zero-order valence-electron chi connectivity index (χ0n) is 5.43. The van der Waals surface area contributed by atoms with Gasteiger partial charge in [-0.1, -0.05) is 6.92 Å². The maximum atomic E-state index is 10.5. The van der Waals surface area contributed by atoms with Gasteiger partial charge in [-0.05, 0) is 18.0 Å². The lowest BCUT2D eigenvalue weighted by atomic mass is 10.5. The maximum absolute atomic E-state index is 10.5. The van der Waals surface area contributed by atoms with Gasteiger partial charge in [-0.25, -0.2) is 4.98 Å². The summed E-state index contributed by atoms with van der Waals surface area (Å²) in [7, 11) is 0. The molecule has 0 fully saturated rings. The molecule has 0 N–H and O–H groups in total. The van der Waals surface area contributed by atoms with Crippen molar-refractivity contribution in [1.29, 1.82) is 0 Å². The molecule has 0 aromatic carbocycles. The Morgan fingerprint density at radius 1 is 1.90 bits per heavy atom. The summed E-state index contributed by atoms with van der Waals surface area (Å²) >= 11 is 6.55. The van der Waals surface area contributed by atoms with Gasteiger partial charge >= 0.3 is 0 Å². The van der Waals surface area contributed by atoms with E-state index in [4.69, 9.17) is 11.6 Å². The topological polar surface area (TPSA) is 30.0 Å². The van der Waals surface area contributed by atoms with Crippen molar-refractivity contribution in [3.63, 3.8) is 0 Å². The zero-order valence-corrected chi connectivity index (χ0v) is 7.00. The average molecular weight is 176 g/mol.